The van der Waals surface area contributed by atoms with Gasteiger partial charge in [0.25, 0.3) is 5.91 Å². The number of amides is 1. The van der Waals surface area contributed by atoms with Gasteiger partial charge < -0.3 is 10.2 Å². The van der Waals surface area contributed by atoms with Crippen molar-refractivity contribution in [3.63, 3.8) is 0 Å². The average Bonchev–Trinajstić information content (AvgIpc) is 2.16. The molecule has 1 fully saturated rings. The molecule has 15 heavy (non-hydrogen) atoms. The second-order valence-corrected chi connectivity index (χ2v) is 5.42. The number of carbonyl (C=O) groups is 1. The van der Waals surface area contributed by atoms with Crippen LogP contribution in [0.4, 0.5) is 0 Å². The first-order valence-corrected chi connectivity index (χ1v) is 6.19. The molecule has 0 bridgehead atoms. The molecule has 0 aromatic heterocycles. The number of rotatable bonds is 3. The Hall–Kier alpha value is 0.01000. The quantitative estimate of drug-likeness (QED) is 0.775. The van der Waals surface area contributed by atoms with Crippen LogP contribution in [0.3, 0.4) is 0 Å². The lowest BCUT2D eigenvalue weighted by atomic mass is 10.0. The predicted molar refractivity (Wildman–Crippen MR) is 63.3 cm³/mol. The van der Waals surface area contributed by atoms with Crippen molar-refractivity contribution in [2.24, 2.45) is 5.92 Å². The van der Waals surface area contributed by atoms with Crippen LogP contribution in [0.5, 0.6) is 0 Å². The summed E-state index contributed by atoms with van der Waals surface area (Å²) < 4.78 is 0. The molecule has 1 unspecified atom stereocenters. The van der Waals surface area contributed by atoms with E-state index in [1.54, 1.807) is 4.90 Å². The van der Waals surface area contributed by atoms with Crippen molar-refractivity contribution in [3.8, 4) is 0 Å². The summed E-state index contributed by atoms with van der Waals surface area (Å²) in [6.45, 7) is 6.66. The van der Waals surface area contributed by atoms with Crippen molar-refractivity contribution >= 4 is 29.1 Å². The molecule has 0 aromatic carbocycles. The molecule has 1 atom stereocenters. The summed E-state index contributed by atoms with van der Waals surface area (Å²) in [5.74, 6) is 0.403. The number of halogens is 2. The first-order chi connectivity index (χ1) is 7.02. The van der Waals surface area contributed by atoms with Gasteiger partial charge in [-0.1, -0.05) is 37.0 Å². The lowest BCUT2D eigenvalue weighted by Gasteiger charge is -2.37. The SMILES string of the molecule is CC(C)CC1CNCCN1C(=O)C(Cl)Cl. The molecule has 0 saturated carbocycles. The van der Waals surface area contributed by atoms with E-state index in [4.69, 9.17) is 23.2 Å². The first-order valence-electron chi connectivity index (χ1n) is 5.31. The van der Waals surface area contributed by atoms with Gasteiger partial charge in [-0.15, -0.1) is 0 Å². The van der Waals surface area contributed by atoms with Gasteiger partial charge in [0.05, 0.1) is 0 Å². The van der Waals surface area contributed by atoms with Crippen LogP contribution < -0.4 is 5.32 Å². The molecule has 0 spiro atoms. The Bertz CT molecular complexity index is 221. The van der Waals surface area contributed by atoms with Gasteiger partial charge in [0.15, 0.2) is 4.84 Å². The zero-order valence-corrected chi connectivity index (χ0v) is 10.7. The highest BCUT2D eigenvalue weighted by Crippen LogP contribution is 2.17. The van der Waals surface area contributed by atoms with Crippen LogP contribution in [0.15, 0.2) is 0 Å². The van der Waals surface area contributed by atoms with Crippen molar-refractivity contribution in [3.05, 3.63) is 0 Å². The Morgan fingerprint density at radius 2 is 2.20 bits per heavy atom. The molecule has 3 nitrogen and oxygen atoms in total. The molecule has 1 amide bonds. The summed E-state index contributed by atoms with van der Waals surface area (Å²) in [4.78, 5) is 12.6. The number of carbonyl (C=O) groups excluding carboxylic acids is 1. The summed E-state index contributed by atoms with van der Waals surface area (Å²) in [6.07, 6.45) is 0.985. The highest BCUT2D eigenvalue weighted by molar-refractivity contribution is 6.53. The number of alkyl halides is 2. The van der Waals surface area contributed by atoms with Gasteiger partial charge in [-0.25, -0.2) is 0 Å². The second kappa shape index (κ2) is 5.92. The van der Waals surface area contributed by atoms with Crippen molar-refractivity contribution in [2.45, 2.75) is 31.1 Å². The molecule has 0 aliphatic carbocycles. The van der Waals surface area contributed by atoms with Gasteiger partial charge in [-0.2, -0.15) is 0 Å². The summed E-state index contributed by atoms with van der Waals surface area (Å²) in [7, 11) is 0. The third-order valence-corrected chi connectivity index (χ3v) is 2.94. The lowest BCUT2D eigenvalue weighted by molar-refractivity contribution is -0.132. The zero-order chi connectivity index (χ0) is 11.4. The van der Waals surface area contributed by atoms with E-state index in [1.165, 1.54) is 0 Å². The minimum Gasteiger partial charge on any atom is -0.335 e. The van der Waals surface area contributed by atoms with E-state index < -0.39 is 4.84 Å². The average molecular weight is 253 g/mol. The number of hydrogen-bond donors (Lipinski definition) is 1. The molecule has 5 heteroatoms. The number of piperazine rings is 1. The fourth-order valence-corrected chi connectivity index (χ4v) is 2.18. The third kappa shape index (κ3) is 3.82. The number of hydrogen-bond acceptors (Lipinski definition) is 2. The van der Waals surface area contributed by atoms with Crippen LogP contribution in [0.1, 0.15) is 20.3 Å². The minimum atomic E-state index is -0.933. The van der Waals surface area contributed by atoms with Gasteiger partial charge >= 0.3 is 0 Å². The molecule has 1 aliphatic heterocycles. The Morgan fingerprint density at radius 3 is 2.73 bits per heavy atom. The van der Waals surface area contributed by atoms with Crippen LogP contribution in [-0.2, 0) is 4.79 Å². The van der Waals surface area contributed by atoms with Gasteiger partial charge in [-0.3, -0.25) is 4.79 Å². The molecule has 1 rings (SSSR count). The van der Waals surface area contributed by atoms with Crippen molar-refractivity contribution < 1.29 is 4.79 Å². The van der Waals surface area contributed by atoms with Gasteiger partial charge in [0.1, 0.15) is 0 Å². The minimum absolute atomic E-state index is 0.162. The maximum atomic E-state index is 11.7. The van der Waals surface area contributed by atoms with Crippen LogP contribution in [-0.4, -0.2) is 41.3 Å². The summed E-state index contributed by atoms with van der Waals surface area (Å²) >= 11 is 11.2. The summed E-state index contributed by atoms with van der Waals surface area (Å²) in [5.41, 5.74) is 0. The van der Waals surface area contributed by atoms with Gasteiger partial charge in [0.2, 0.25) is 0 Å². The fraction of sp³-hybridized carbons (Fsp3) is 0.900. The lowest BCUT2D eigenvalue weighted by Crippen LogP contribution is -2.55. The molecule has 1 N–H and O–H groups in total. The molecule has 88 valence electrons. The Kier molecular flexibility index (Phi) is 5.16. The Morgan fingerprint density at radius 1 is 1.53 bits per heavy atom. The van der Waals surface area contributed by atoms with E-state index in [0.29, 0.717) is 12.5 Å². The van der Waals surface area contributed by atoms with Crippen LogP contribution in [0.2, 0.25) is 0 Å². The van der Waals surface area contributed by atoms with Crippen LogP contribution in [0, 0.1) is 5.92 Å². The highest BCUT2D eigenvalue weighted by Gasteiger charge is 2.29. The topological polar surface area (TPSA) is 32.3 Å². The molecule has 0 radical (unpaired) electrons. The summed E-state index contributed by atoms with van der Waals surface area (Å²) in [6, 6.07) is 0.228. The first kappa shape index (κ1) is 13.1. The summed E-state index contributed by atoms with van der Waals surface area (Å²) in [5, 5.41) is 3.28. The zero-order valence-electron chi connectivity index (χ0n) is 9.17. The smallest absolute Gasteiger partial charge is 0.256 e. The van der Waals surface area contributed by atoms with Crippen molar-refractivity contribution in [1.29, 1.82) is 0 Å². The van der Waals surface area contributed by atoms with Gasteiger partial charge in [0, 0.05) is 25.7 Å². The van der Waals surface area contributed by atoms with Crippen molar-refractivity contribution in [1.82, 2.24) is 10.2 Å². The van der Waals surface area contributed by atoms with E-state index in [1.807, 2.05) is 0 Å². The predicted octanol–water partition coefficient (Wildman–Crippen LogP) is 1.64. The van der Waals surface area contributed by atoms with Crippen molar-refractivity contribution in [2.75, 3.05) is 19.6 Å². The Balaban J connectivity index is 2.61. The van der Waals surface area contributed by atoms with E-state index in [-0.39, 0.29) is 11.9 Å². The van der Waals surface area contributed by atoms with E-state index in [9.17, 15) is 4.79 Å². The standard InChI is InChI=1S/C10H18Cl2N2O/c1-7(2)5-8-6-13-3-4-14(8)10(15)9(11)12/h7-9,13H,3-6H2,1-2H3. The highest BCUT2D eigenvalue weighted by atomic mass is 35.5. The largest absolute Gasteiger partial charge is 0.335 e. The Labute approximate surface area is 101 Å². The second-order valence-electron chi connectivity index (χ2n) is 4.32. The molecule has 1 saturated heterocycles. The van der Waals surface area contributed by atoms with Gasteiger partial charge in [-0.05, 0) is 12.3 Å². The maximum absolute atomic E-state index is 11.7. The van der Waals surface area contributed by atoms with Crippen LogP contribution in [0.25, 0.3) is 0 Å². The van der Waals surface area contributed by atoms with E-state index >= 15 is 0 Å². The normalized spacial score (nSPS) is 22.5. The molecule has 1 aliphatic rings. The molecular formula is C10H18Cl2N2O. The van der Waals surface area contributed by atoms with Crippen LogP contribution >= 0.6 is 23.2 Å². The monoisotopic (exact) mass is 252 g/mol. The van der Waals surface area contributed by atoms with E-state index in [2.05, 4.69) is 19.2 Å². The molecule has 1 heterocycles. The van der Waals surface area contributed by atoms with E-state index in [0.717, 1.165) is 19.5 Å². The third-order valence-electron chi connectivity index (χ3n) is 2.56. The number of nitrogens with one attached hydrogen (secondary N) is 1. The fourth-order valence-electron chi connectivity index (χ4n) is 1.93. The molecule has 0 aromatic rings. The molecular weight excluding hydrogens is 235 g/mol. The maximum Gasteiger partial charge on any atom is 0.256 e. The number of nitrogens with zero attached hydrogens (tertiary/aromatic N) is 1.